The zero-order valence-corrected chi connectivity index (χ0v) is 15.3. The molecule has 1 saturated heterocycles. The van der Waals surface area contributed by atoms with Gasteiger partial charge in [-0.15, -0.1) is 0 Å². The molecule has 4 rings (SSSR count). The molecule has 6 nitrogen and oxygen atoms in total. The third kappa shape index (κ3) is 3.71. The number of furan rings is 1. The number of nitrogens with zero attached hydrogens (tertiary/aromatic N) is 1. The number of benzene rings is 2. The van der Waals surface area contributed by atoms with Crippen molar-refractivity contribution < 1.29 is 23.8 Å². The fourth-order valence-electron chi connectivity index (χ4n) is 3.55. The Balaban J connectivity index is 1.43. The molecule has 0 saturated carbocycles. The fourth-order valence-corrected chi connectivity index (χ4v) is 3.55. The van der Waals surface area contributed by atoms with E-state index in [0.717, 1.165) is 23.6 Å². The third-order valence-electron chi connectivity index (χ3n) is 5.02. The maximum absolute atomic E-state index is 12.7. The second-order valence-electron chi connectivity index (χ2n) is 6.91. The molecule has 2 heterocycles. The van der Waals surface area contributed by atoms with Crippen LogP contribution in [-0.2, 0) is 11.4 Å². The van der Waals surface area contributed by atoms with Gasteiger partial charge in [0, 0.05) is 6.54 Å². The SMILES string of the molecule is O=C(O)C1CCCCN1C(=O)c1ccc(COc2ccc3ccccc3c2)o1. The van der Waals surface area contributed by atoms with Crippen LogP contribution in [0.5, 0.6) is 5.75 Å². The fraction of sp³-hybridized carbons (Fsp3) is 0.273. The number of rotatable bonds is 5. The quantitative estimate of drug-likeness (QED) is 0.722. The molecule has 0 bridgehead atoms. The molecule has 1 fully saturated rings. The minimum Gasteiger partial charge on any atom is -0.486 e. The van der Waals surface area contributed by atoms with Crippen molar-refractivity contribution in [1.82, 2.24) is 4.90 Å². The van der Waals surface area contributed by atoms with Gasteiger partial charge in [-0.05, 0) is 54.3 Å². The molecule has 3 aromatic rings. The summed E-state index contributed by atoms with van der Waals surface area (Å²) in [6.07, 6.45) is 2.08. The zero-order chi connectivity index (χ0) is 19.5. The number of likely N-dealkylation sites (tertiary alicyclic amines) is 1. The Morgan fingerprint density at radius 2 is 1.89 bits per heavy atom. The normalized spacial score (nSPS) is 16.9. The van der Waals surface area contributed by atoms with Gasteiger partial charge in [0.05, 0.1) is 0 Å². The second-order valence-corrected chi connectivity index (χ2v) is 6.91. The van der Waals surface area contributed by atoms with Gasteiger partial charge in [0.2, 0.25) is 0 Å². The lowest BCUT2D eigenvalue weighted by atomic mass is 10.0. The summed E-state index contributed by atoms with van der Waals surface area (Å²) < 4.78 is 11.4. The molecule has 1 aliphatic heterocycles. The van der Waals surface area contributed by atoms with Crippen LogP contribution in [0.15, 0.2) is 59.0 Å². The number of carboxylic acid groups (broad SMARTS) is 1. The average molecular weight is 379 g/mol. The minimum absolute atomic E-state index is 0.144. The zero-order valence-electron chi connectivity index (χ0n) is 15.3. The Hall–Kier alpha value is -3.28. The first kappa shape index (κ1) is 18.1. The Morgan fingerprint density at radius 3 is 2.71 bits per heavy atom. The van der Waals surface area contributed by atoms with Crippen LogP contribution in [0.2, 0.25) is 0 Å². The maximum Gasteiger partial charge on any atom is 0.326 e. The monoisotopic (exact) mass is 379 g/mol. The van der Waals surface area contributed by atoms with Crippen LogP contribution in [0.3, 0.4) is 0 Å². The van der Waals surface area contributed by atoms with Gasteiger partial charge in [-0.2, -0.15) is 0 Å². The molecule has 144 valence electrons. The number of aliphatic carboxylic acids is 1. The van der Waals surface area contributed by atoms with Crippen molar-refractivity contribution in [2.75, 3.05) is 6.54 Å². The van der Waals surface area contributed by atoms with E-state index in [4.69, 9.17) is 9.15 Å². The van der Waals surface area contributed by atoms with Crippen molar-refractivity contribution in [3.63, 3.8) is 0 Å². The summed E-state index contributed by atoms with van der Waals surface area (Å²) in [6, 6.07) is 16.3. The van der Waals surface area contributed by atoms with Crippen LogP contribution < -0.4 is 4.74 Å². The lowest BCUT2D eigenvalue weighted by Gasteiger charge is -2.32. The molecule has 1 atom stereocenters. The number of carboxylic acids is 1. The van der Waals surface area contributed by atoms with Gasteiger partial charge in [0.25, 0.3) is 5.91 Å². The highest BCUT2D eigenvalue weighted by Gasteiger charge is 2.33. The number of amides is 1. The highest BCUT2D eigenvalue weighted by Crippen LogP contribution is 2.23. The Kier molecular flexibility index (Phi) is 5.02. The predicted molar refractivity (Wildman–Crippen MR) is 103 cm³/mol. The van der Waals surface area contributed by atoms with Crippen molar-refractivity contribution >= 4 is 22.6 Å². The van der Waals surface area contributed by atoms with Gasteiger partial charge in [0.15, 0.2) is 5.76 Å². The number of piperidine rings is 1. The van der Waals surface area contributed by atoms with E-state index in [9.17, 15) is 14.7 Å². The highest BCUT2D eigenvalue weighted by atomic mass is 16.5. The van der Waals surface area contributed by atoms with E-state index in [-0.39, 0.29) is 18.3 Å². The minimum atomic E-state index is -0.973. The first-order chi connectivity index (χ1) is 13.6. The van der Waals surface area contributed by atoms with E-state index in [2.05, 4.69) is 0 Å². The molecular weight excluding hydrogens is 358 g/mol. The molecule has 1 aliphatic rings. The Morgan fingerprint density at radius 1 is 1.07 bits per heavy atom. The lowest BCUT2D eigenvalue weighted by molar-refractivity contribution is -0.143. The summed E-state index contributed by atoms with van der Waals surface area (Å²) in [5.41, 5.74) is 0. The van der Waals surface area contributed by atoms with Gasteiger partial charge in [-0.3, -0.25) is 4.79 Å². The standard InChI is InChI=1S/C22H21NO5/c24-21(23-12-4-3-7-19(23)22(25)26)20-11-10-18(28-20)14-27-17-9-8-15-5-1-2-6-16(15)13-17/h1-2,5-6,8-11,13,19H,3-4,7,12,14H2,(H,25,26). The summed E-state index contributed by atoms with van der Waals surface area (Å²) in [6.45, 7) is 0.618. The van der Waals surface area contributed by atoms with Crippen molar-refractivity contribution in [2.24, 2.45) is 0 Å². The van der Waals surface area contributed by atoms with Crippen LogP contribution in [0.1, 0.15) is 35.6 Å². The first-order valence-electron chi connectivity index (χ1n) is 9.36. The Labute approximate surface area is 162 Å². The molecular formula is C22H21NO5. The van der Waals surface area contributed by atoms with Gasteiger partial charge in [-0.1, -0.05) is 30.3 Å². The van der Waals surface area contributed by atoms with E-state index in [1.54, 1.807) is 12.1 Å². The van der Waals surface area contributed by atoms with Crippen molar-refractivity contribution in [3.8, 4) is 5.75 Å². The maximum atomic E-state index is 12.7. The number of carbonyl (C=O) groups excluding carboxylic acids is 1. The molecule has 1 amide bonds. The van der Waals surface area contributed by atoms with Gasteiger partial charge in [-0.25, -0.2) is 4.79 Å². The molecule has 28 heavy (non-hydrogen) atoms. The Bertz CT molecular complexity index is 1010. The molecule has 0 radical (unpaired) electrons. The first-order valence-corrected chi connectivity index (χ1v) is 9.36. The molecule has 6 heteroatoms. The molecule has 0 aliphatic carbocycles. The number of carbonyl (C=O) groups is 2. The number of fused-ring (bicyclic) bond motifs is 1. The van der Waals surface area contributed by atoms with E-state index < -0.39 is 12.0 Å². The molecule has 1 unspecified atom stereocenters. The summed E-state index contributed by atoms with van der Waals surface area (Å²) >= 11 is 0. The van der Waals surface area contributed by atoms with Gasteiger partial charge >= 0.3 is 5.97 Å². The van der Waals surface area contributed by atoms with Crippen LogP contribution in [0.4, 0.5) is 0 Å². The van der Waals surface area contributed by atoms with Crippen molar-refractivity contribution in [2.45, 2.75) is 31.9 Å². The lowest BCUT2D eigenvalue weighted by Crippen LogP contribution is -2.47. The van der Waals surface area contributed by atoms with Crippen LogP contribution in [-0.4, -0.2) is 34.5 Å². The van der Waals surface area contributed by atoms with Gasteiger partial charge in [0.1, 0.15) is 24.2 Å². The highest BCUT2D eigenvalue weighted by molar-refractivity contribution is 5.94. The van der Waals surface area contributed by atoms with Crippen LogP contribution in [0, 0.1) is 0 Å². The summed E-state index contributed by atoms with van der Waals surface area (Å²) in [5, 5.41) is 11.6. The van der Waals surface area contributed by atoms with Crippen molar-refractivity contribution in [3.05, 3.63) is 66.1 Å². The summed E-state index contributed by atoms with van der Waals surface area (Å²) in [5.74, 6) is 0.0131. The number of hydrogen-bond acceptors (Lipinski definition) is 4. The van der Waals surface area contributed by atoms with E-state index in [1.807, 2.05) is 42.5 Å². The smallest absolute Gasteiger partial charge is 0.326 e. The van der Waals surface area contributed by atoms with E-state index in [0.29, 0.717) is 24.5 Å². The van der Waals surface area contributed by atoms with E-state index in [1.165, 1.54) is 4.90 Å². The predicted octanol–water partition coefficient (Wildman–Crippen LogP) is 4.09. The summed E-state index contributed by atoms with van der Waals surface area (Å²) in [7, 11) is 0. The molecule has 0 spiro atoms. The topological polar surface area (TPSA) is 80.0 Å². The second kappa shape index (κ2) is 7.76. The third-order valence-corrected chi connectivity index (χ3v) is 5.02. The van der Waals surface area contributed by atoms with Gasteiger partial charge < -0.3 is 19.2 Å². The molecule has 1 N–H and O–H groups in total. The largest absolute Gasteiger partial charge is 0.486 e. The van der Waals surface area contributed by atoms with E-state index >= 15 is 0 Å². The van der Waals surface area contributed by atoms with Crippen LogP contribution >= 0.6 is 0 Å². The number of hydrogen-bond donors (Lipinski definition) is 1. The molecule has 2 aromatic carbocycles. The summed E-state index contributed by atoms with van der Waals surface area (Å²) in [4.78, 5) is 25.5. The van der Waals surface area contributed by atoms with Crippen molar-refractivity contribution in [1.29, 1.82) is 0 Å². The molecule has 1 aromatic heterocycles. The number of ether oxygens (including phenoxy) is 1. The van der Waals surface area contributed by atoms with Crippen LogP contribution in [0.25, 0.3) is 10.8 Å². The average Bonchev–Trinajstić information content (AvgIpc) is 3.20.